The second kappa shape index (κ2) is 5.34. The lowest BCUT2D eigenvalue weighted by Crippen LogP contribution is -2.44. The molecule has 1 aromatic carbocycles. The molecule has 2 aliphatic heterocycles. The molecule has 0 bridgehead atoms. The maximum absolute atomic E-state index is 12.4. The Hall–Kier alpha value is -1.88. The topological polar surface area (TPSA) is 53.9 Å². The number of likely N-dealkylation sites (tertiary alicyclic amines) is 1. The predicted molar refractivity (Wildman–Crippen MR) is 88.5 cm³/mol. The molecule has 5 nitrogen and oxygen atoms in total. The van der Waals surface area contributed by atoms with Crippen LogP contribution < -0.4 is 10.1 Å². The van der Waals surface area contributed by atoms with Crippen molar-refractivity contribution >= 4 is 11.7 Å². The molecule has 2 heterocycles. The number of ether oxygens (including phenoxy) is 1. The van der Waals surface area contributed by atoms with E-state index in [1.165, 1.54) is 5.56 Å². The van der Waals surface area contributed by atoms with Crippen LogP contribution in [0.2, 0.25) is 0 Å². The molecule has 1 amide bonds. The molecule has 3 atom stereocenters. The van der Waals surface area contributed by atoms with Crippen LogP contribution in [-0.2, 0) is 11.3 Å². The van der Waals surface area contributed by atoms with Crippen molar-refractivity contribution in [2.45, 2.75) is 31.8 Å². The molecule has 0 aromatic heterocycles. The number of amidine groups is 1. The highest BCUT2D eigenvalue weighted by molar-refractivity contribution is 6.07. The standard InChI is InChI=1S/C18H23N3O2/c1-12-19-17(22)18(20-12)7-6-14-10-21(11-16(14)18)9-13-4-3-5-15(8-13)23-2/h3-5,8,14,16H,6-7,9-11H2,1-2H3,(H,19,20,22)/t14-,16+,18-/m1/s1. The van der Waals surface area contributed by atoms with Crippen molar-refractivity contribution < 1.29 is 9.53 Å². The average molecular weight is 313 g/mol. The molecule has 0 radical (unpaired) electrons. The normalized spacial score (nSPS) is 33.0. The summed E-state index contributed by atoms with van der Waals surface area (Å²) in [4.78, 5) is 19.6. The zero-order valence-corrected chi connectivity index (χ0v) is 13.7. The lowest BCUT2D eigenvalue weighted by molar-refractivity contribution is -0.125. The molecule has 1 saturated heterocycles. The average Bonchev–Trinajstić information content (AvgIpc) is 3.16. The van der Waals surface area contributed by atoms with Gasteiger partial charge in [-0.3, -0.25) is 14.7 Å². The Bertz CT molecular complexity index is 672. The SMILES string of the molecule is COc1cccc(CN2C[C@H]3CC[C@@]4(N=C(C)NC4=O)[C@H]3C2)c1. The van der Waals surface area contributed by atoms with Crippen molar-refractivity contribution in [1.82, 2.24) is 10.2 Å². The third-order valence-electron chi connectivity index (χ3n) is 5.62. The van der Waals surface area contributed by atoms with Gasteiger partial charge in [0.25, 0.3) is 5.91 Å². The maximum Gasteiger partial charge on any atom is 0.253 e. The van der Waals surface area contributed by atoms with Crippen LogP contribution in [0.1, 0.15) is 25.3 Å². The quantitative estimate of drug-likeness (QED) is 0.926. The van der Waals surface area contributed by atoms with Crippen LogP contribution in [0.25, 0.3) is 0 Å². The fraction of sp³-hybridized carbons (Fsp3) is 0.556. The Balaban J connectivity index is 1.50. The van der Waals surface area contributed by atoms with Crippen molar-refractivity contribution in [2.75, 3.05) is 20.2 Å². The van der Waals surface area contributed by atoms with Gasteiger partial charge >= 0.3 is 0 Å². The number of fused-ring (bicyclic) bond motifs is 2. The number of methoxy groups -OCH3 is 1. The lowest BCUT2D eigenvalue weighted by Gasteiger charge is -2.25. The second-order valence-electron chi connectivity index (χ2n) is 7.03. The van der Waals surface area contributed by atoms with Gasteiger partial charge < -0.3 is 10.1 Å². The number of rotatable bonds is 3. The Morgan fingerprint density at radius 2 is 2.30 bits per heavy atom. The zero-order valence-electron chi connectivity index (χ0n) is 13.7. The first kappa shape index (κ1) is 14.7. The second-order valence-corrected chi connectivity index (χ2v) is 7.03. The number of benzene rings is 1. The molecule has 23 heavy (non-hydrogen) atoms. The van der Waals surface area contributed by atoms with E-state index in [4.69, 9.17) is 9.73 Å². The Labute approximate surface area is 136 Å². The van der Waals surface area contributed by atoms with E-state index in [-0.39, 0.29) is 5.91 Å². The molecular formula is C18H23N3O2. The molecule has 5 heteroatoms. The summed E-state index contributed by atoms with van der Waals surface area (Å²) in [7, 11) is 1.70. The molecule has 2 fully saturated rings. The van der Waals surface area contributed by atoms with Crippen LogP contribution in [0.4, 0.5) is 0 Å². The fourth-order valence-corrected chi connectivity index (χ4v) is 4.61. The number of hydrogen-bond acceptors (Lipinski definition) is 4. The predicted octanol–water partition coefficient (Wildman–Crippen LogP) is 1.82. The van der Waals surface area contributed by atoms with Gasteiger partial charge in [-0.15, -0.1) is 0 Å². The summed E-state index contributed by atoms with van der Waals surface area (Å²) in [5.41, 5.74) is 0.770. The molecule has 4 rings (SSSR count). The minimum Gasteiger partial charge on any atom is -0.497 e. The van der Waals surface area contributed by atoms with E-state index in [2.05, 4.69) is 22.3 Å². The van der Waals surface area contributed by atoms with Crippen molar-refractivity contribution in [3.63, 3.8) is 0 Å². The summed E-state index contributed by atoms with van der Waals surface area (Å²) in [6.45, 7) is 4.81. The molecule has 1 aromatic rings. The largest absolute Gasteiger partial charge is 0.497 e. The highest BCUT2D eigenvalue weighted by Gasteiger charge is 2.58. The molecule has 1 aliphatic carbocycles. The first-order valence-corrected chi connectivity index (χ1v) is 8.34. The van der Waals surface area contributed by atoms with E-state index < -0.39 is 5.54 Å². The Morgan fingerprint density at radius 3 is 3.04 bits per heavy atom. The van der Waals surface area contributed by atoms with E-state index in [9.17, 15) is 4.79 Å². The number of nitrogens with one attached hydrogen (secondary N) is 1. The van der Waals surface area contributed by atoms with Crippen LogP contribution >= 0.6 is 0 Å². The summed E-state index contributed by atoms with van der Waals surface area (Å²) >= 11 is 0. The summed E-state index contributed by atoms with van der Waals surface area (Å²) in [5, 5.41) is 2.92. The van der Waals surface area contributed by atoms with Gasteiger partial charge in [-0.25, -0.2) is 0 Å². The highest BCUT2D eigenvalue weighted by atomic mass is 16.5. The van der Waals surface area contributed by atoms with E-state index in [0.29, 0.717) is 11.8 Å². The molecule has 1 spiro atoms. The van der Waals surface area contributed by atoms with Gasteiger partial charge in [0, 0.05) is 25.6 Å². The summed E-state index contributed by atoms with van der Waals surface area (Å²) in [6, 6.07) is 8.23. The fourth-order valence-electron chi connectivity index (χ4n) is 4.61. The maximum atomic E-state index is 12.4. The van der Waals surface area contributed by atoms with Crippen LogP contribution in [0.15, 0.2) is 29.3 Å². The monoisotopic (exact) mass is 313 g/mol. The first-order valence-electron chi connectivity index (χ1n) is 8.34. The van der Waals surface area contributed by atoms with Crippen LogP contribution in [0.5, 0.6) is 5.75 Å². The minimum absolute atomic E-state index is 0.116. The molecule has 122 valence electrons. The summed E-state index contributed by atoms with van der Waals surface area (Å²) < 4.78 is 5.31. The molecule has 0 unspecified atom stereocenters. The van der Waals surface area contributed by atoms with Crippen molar-refractivity contribution in [1.29, 1.82) is 0 Å². The van der Waals surface area contributed by atoms with Gasteiger partial charge in [0.05, 0.1) is 7.11 Å². The zero-order chi connectivity index (χ0) is 16.0. The number of hydrogen-bond donors (Lipinski definition) is 1. The van der Waals surface area contributed by atoms with Gasteiger partial charge in [0.1, 0.15) is 17.1 Å². The first-order chi connectivity index (χ1) is 11.1. The van der Waals surface area contributed by atoms with E-state index in [0.717, 1.165) is 44.1 Å². The van der Waals surface area contributed by atoms with Crippen molar-refractivity contribution in [3.8, 4) is 5.75 Å². The van der Waals surface area contributed by atoms with E-state index >= 15 is 0 Å². The van der Waals surface area contributed by atoms with Crippen LogP contribution in [0, 0.1) is 11.8 Å². The van der Waals surface area contributed by atoms with Gasteiger partial charge in [0.15, 0.2) is 0 Å². The van der Waals surface area contributed by atoms with Crippen molar-refractivity contribution in [2.24, 2.45) is 16.8 Å². The molecule has 3 aliphatic rings. The van der Waals surface area contributed by atoms with Gasteiger partial charge in [-0.05, 0) is 43.4 Å². The Morgan fingerprint density at radius 1 is 1.43 bits per heavy atom. The Kier molecular flexibility index (Phi) is 3.41. The van der Waals surface area contributed by atoms with Crippen LogP contribution in [-0.4, -0.2) is 42.4 Å². The van der Waals surface area contributed by atoms with E-state index in [1.807, 2.05) is 19.1 Å². The third kappa shape index (κ3) is 2.34. The highest BCUT2D eigenvalue weighted by Crippen LogP contribution is 2.48. The van der Waals surface area contributed by atoms with Gasteiger partial charge in [0.2, 0.25) is 0 Å². The third-order valence-corrected chi connectivity index (χ3v) is 5.62. The molecular weight excluding hydrogens is 290 g/mol. The van der Waals surface area contributed by atoms with Gasteiger partial charge in [-0.1, -0.05) is 12.1 Å². The van der Waals surface area contributed by atoms with Gasteiger partial charge in [-0.2, -0.15) is 0 Å². The number of carbonyl (C=O) groups excluding carboxylic acids is 1. The number of carbonyl (C=O) groups is 1. The molecule has 1 N–H and O–H groups in total. The lowest BCUT2D eigenvalue weighted by atomic mass is 9.85. The van der Waals surface area contributed by atoms with Crippen LogP contribution in [0.3, 0.4) is 0 Å². The minimum atomic E-state index is -0.488. The summed E-state index contributed by atoms with van der Waals surface area (Å²) in [6.07, 6.45) is 2.00. The van der Waals surface area contributed by atoms with Crippen molar-refractivity contribution in [3.05, 3.63) is 29.8 Å². The summed E-state index contributed by atoms with van der Waals surface area (Å²) in [5.74, 6) is 2.73. The number of amides is 1. The number of aliphatic imine (C=N–C) groups is 1. The number of nitrogens with zero attached hydrogens (tertiary/aromatic N) is 2. The smallest absolute Gasteiger partial charge is 0.253 e. The molecule has 1 saturated carbocycles. The van der Waals surface area contributed by atoms with E-state index in [1.54, 1.807) is 7.11 Å².